The standard InChI is InChI=1S/C16H26N2O/c1-3-14-4-6-16(7-5-14)18(2)10-9-17-12-15-8-11-19-13-15/h4-7,15,17H,3,8-13H2,1-2H3. The van der Waals surface area contributed by atoms with Crippen LogP contribution in [-0.2, 0) is 11.2 Å². The van der Waals surface area contributed by atoms with Crippen LogP contribution in [0.15, 0.2) is 24.3 Å². The summed E-state index contributed by atoms with van der Waals surface area (Å²) in [6.07, 6.45) is 2.32. The second-order valence-corrected chi connectivity index (χ2v) is 5.38. The summed E-state index contributed by atoms with van der Waals surface area (Å²) in [5.41, 5.74) is 2.69. The van der Waals surface area contributed by atoms with Gasteiger partial charge in [-0.3, -0.25) is 0 Å². The molecule has 3 nitrogen and oxygen atoms in total. The van der Waals surface area contributed by atoms with E-state index in [0.717, 1.165) is 39.3 Å². The van der Waals surface area contributed by atoms with Gasteiger partial charge in [-0.25, -0.2) is 0 Å². The number of hydrogen-bond acceptors (Lipinski definition) is 3. The van der Waals surface area contributed by atoms with Gasteiger partial charge >= 0.3 is 0 Å². The van der Waals surface area contributed by atoms with Crippen molar-refractivity contribution in [2.45, 2.75) is 19.8 Å². The van der Waals surface area contributed by atoms with E-state index >= 15 is 0 Å². The first kappa shape index (κ1) is 14.4. The summed E-state index contributed by atoms with van der Waals surface area (Å²) in [7, 11) is 2.15. The lowest BCUT2D eigenvalue weighted by molar-refractivity contribution is 0.185. The molecule has 106 valence electrons. The molecule has 1 heterocycles. The van der Waals surface area contributed by atoms with Crippen molar-refractivity contribution in [3.8, 4) is 0 Å². The van der Waals surface area contributed by atoms with Crippen LogP contribution in [0.2, 0.25) is 0 Å². The molecule has 1 fully saturated rings. The average molecular weight is 262 g/mol. The molecule has 1 unspecified atom stereocenters. The van der Waals surface area contributed by atoms with E-state index in [9.17, 15) is 0 Å². The SMILES string of the molecule is CCc1ccc(N(C)CCNCC2CCOC2)cc1. The van der Waals surface area contributed by atoms with Crippen molar-refractivity contribution in [2.75, 3.05) is 44.8 Å². The first-order valence-electron chi connectivity index (χ1n) is 7.38. The van der Waals surface area contributed by atoms with Gasteiger partial charge < -0.3 is 15.0 Å². The summed E-state index contributed by atoms with van der Waals surface area (Å²) < 4.78 is 5.38. The molecule has 1 atom stereocenters. The molecule has 1 aromatic carbocycles. The highest BCUT2D eigenvalue weighted by molar-refractivity contribution is 5.46. The van der Waals surface area contributed by atoms with E-state index in [0.29, 0.717) is 5.92 Å². The fourth-order valence-electron chi connectivity index (χ4n) is 2.41. The molecular weight excluding hydrogens is 236 g/mol. The first-order chi connectivity index (χ1) is 9.29. The highest BCUT2D eigenvalue weighted by Crippen LogP contribution is 2.14. The number of aryl methyl sites for hydroxylation is 1. The van der Waals surface area contributed by atoms with Crippen molar-refractivity contribution < 1.29 is 4.74 Å². The zero-order valence-electron chi connectivity index (χ0n) is 12.2. The van der Waals surface area contributed by atoms with Gasteiger partial charge in [-0.1, -0.05) is 19.1 Å². The van der Waals surface area contributed by atoms with Crippen LogP contribution >= 0.6 is 0 Å². The van der Waals surface area contributed by atoms with E-state index in [1.54, 1.807) is 0 Å². The van der Waals surface area contributed by atoms with Gasteiger partial charge in [0.25, 0.3) is 0 Å². The Balaban J connectivity index is 1.66. The molecule has 1 aliphatic rings. The Morgan fingerprint density at radius 1 is 1.32 bits per heavy atom. The third kappa shape index (κ3) is 4.51. The van der Waals surface area contributed by atoms with Crippen molar-refractivity contribution in [1.82, 2.24) is 5.32 Å². The lowest BCUT2D eigenvalue weighted by Gasteiger charge is -2.20. The molecule has 0 radical (unpaired) electrons. The van der Waals surface area contributed by atoms with Gasteiger partial charge in [0.1, 0.15) is 0 Å². The van der Waals surface area contributed by atoms with Crippen molar-refractivity contribution in [2.24, 2.45) is 5.92 Å². The minimum absolute atomic E-state index is 0.717. The summed E-state index contributed by atoms with van der Waals surface area (Å²) in [5.74, 6) is 0.717. The van der Waals surface area contributed by atoms with E-state index in [-0.39, 0.29) is 0 Å². The number of benzene rings is 1. The average Bonchev–Trinajstić information content (AvgIpc) is 2.96. The minimum atomic E-state index is 0.717. The number of nitrogens with zero attached hydrogens (tertiary/aromatic N) is 1. The summed E-state index contributed by atoms with van der Waals surface area (Å²) in [4.78, 5) is 2.30. The molecule has 2 rings (SSSR count). The zero-order chi connectivity index (χ0) is 13.5. The van der Waals surface area contributed by atoms with Crippen LogP contribution in [-0.4, -0.2) is 39.9 Å². The maximum atomic E-state index is 5.38. The van der Waals surface area contributed by atoms with Gasteiger partial charge in [0.2, 0.25) is 0 Å². The van der Waals surface area contributed by atoms with Crippen LogP contribution in [0.5, 0.6) is 0 Å². The normalized spacial score (nSPS) is 18.7. The Labute approximate surface area is 116 Å². The topological polar surface area (TPSA) is 24.5 Å². The molecule has 0 aliphatic carbocycles. The Kier molecular flexibility index (Phi) is 5.67. The molecule has 0 bridgehead atoms. The minimum Gasteiger partial charge on any atom is -0.381 e. The summed E-state index contributed by atoms with van der Waals surface area (Å²) >= 11 is 0. The van der Waals surface area contributed by atoms with E-state index < -0.39 is 0 Å². The lowest BCUT2D eigenvalue weighted by atomic mass is 10.1. The van der Waals surface area contributed by atoms with Crippen molar-refractivity contribution in [3.05, 3.63) is 29.8 Å². The van der Waals surface area contributed by atoms with E-state index in [2.05, 4.69) is 48.5 Å². The first-order valence-corrected chi connectivity index (χ1v) is 7.38. The van der Waals surface area contributed by atoms with Gasteiger partial charge in [-0.15, -0.1) is 0 Å². The van der Waals surface area contributed by atoms with Crippen LogP contribution in [0.4, 0.5) is 5.69 Å². The number of anilines is 1. The maximum absolute atomic E-state index is 5.38. The van der Waals surface area contributed by atoms with Gasteiger partial charge in [0.15, 0.2) is 0 Å². The predicted octanol–water partition coefficient (Wildman–Crippen LogP) is 2.31. The van der Waals surface area contributed by atoms with E-state index in [1.807, 2.05) is 0 Å². The van der Waals surface area contributed by atoms with Gasteiger partial charge in [0.05, 0.1) is 6.61 Å². The van der Waals surface area contributed by atoms with Crippen molar-refractivity contribution in [1.29, 1.82) is 0 Å². The fraction of sp³-hybridized carbons (Fsp3) is 0.625. The molecule has 19 heavy (non-hydrogen) atoms. The Morgan fingerprint density at radius 2 is 2.11 bits per heavy atom. The molecule has 1 N–H and O–H groups in total. The number of ether oxygens (including phenoxy) is 1. The Hall–Kier alpha value is -1.06. The van der Waals surface area contributed by atoms with Gasteiger partial charge in [-0.2, -0.15) is 0 Å². The number of rotatable bonds is 7. The highest BCUT2D eigenvalue weighted by atomic mass is 16.5. The molecule has 0 spiro atoms. The zero-order valence-corrected chi connectivity index (χ0v) is 12.2. The number of nitrogens with one attached hydrogen (secondary N) is 1. The molecule has 0 amide bonds. The van der Waals surface area contributed by atoms with Crippen LogP contribution < -0.4 is 10.2 Å². The summed E-state index contributed by atoms with van der Waals surface area (Å²) in [6, 6.07) is 8.86. The molecule has 1 saturated heterocycles. The number of likely N-dealkylation sites (N-methyl/N-ethyl adjacent to an activating group) is 1. The summed E-state index contributed by atoms with van der Waals surface area (Å²) in [5, 5.41) is 3.53. The molecule has 1 aliphatic heterocycles. The molecule has 0 aromatic heterocycles. The quantitative estimate of drug-likeness (QED) is 0.763. The van der Waals surface area contributed by atoms with Crippen LogP contribution in [0.3, 0.4) is 0 Å². The third-order valence-corrected chi connectivity index (χ3v) is 3.87. The van der Waals surface area contributed by atoms with Crippen LogP contribution in [0.1, 0.15) is 18.9 Å². The van der Waals surface area contributed by atoms with Crippen molar-refractivity contribution >= 4 is 5.69 Å². The molecular formula is C16H26N2O. The molecule has 0 saturated carbocycles. The highest BCUT2D eigenvalue weighted by Gasteiger charge is 2.14. The monoisotopic (exact) mass is 262 g/mol. The van der Waals surface area contributed by atoms with Crippen molar-refractivity contribution in [3.63, 3.8) is 0 Å². The smallest absolute Gasteiger partial charge is 0.0507 e. The fourth-order valence-corrected chi connectivity index (χ4v) is 2.41. The number of hydrogen-bond donors (Lipinski definition) is 1. The van der Waals surface area contributed by atoms with Gasteiger partial charge in [-0.05, 0) is 36.5 Å². The molecule has 1 aromatic rings. The van der Waals surface area contributed by atoms with Crippen LogP contribution in [0, 0.1) is 5.92 Å². The van der Waals surface area contributed by atoms with Gasteiger partial charge in [0, 0.05) is 39.0 Å². The van der Waals surface area contributed by atoms with E-state index in [1.165, 1.54) is 17.7 Å². The third-order valence-electron chi connectivity index (χ3n) is 3.87. The maximum Gasteiger partial charge on any atom is 0.0507 e. The van der Waals surface area contributed by atoms with E-state index in [4.69, 9.17) is 4.74 Å². The summed E-state index contributed by atoms with van der Waals surface area (Å²) in [6.45, 7) is 7.22. The molecule has 3 heteroatoms. The Bertz CT molecular complexity index is 358. The second kappa shape index (κ2) is 7.51. The second-order valence-electron chi connectivity index (χ2n) is 5.38. The predicted molar refractivity (Wildman–Crippen MR) is 80.9 cm³/mol. The van der Waals surface area contributed by atoms with Crippen LogP contribution in [0.25, 0.3) is 0 Å². The Morgan fingerprint density at radius 3 is 2.74 bits per heavy atom. The largest absolute Gasteiger partial charge is 0.381 e. The lowest BCUT2D eigenvalue weighted by Crippen LogP contribution is -2.32.